The molecule has 0 amide bonds. The number of hydrogen-bond acceptors (Lipinski definition) is 3. The molecule has 0 atom stereocenters. The lowest BCUT2D eigenvalue weighted by Gasteiger charge is -2.18. The van der Waals surface area contributed by atoms with Gasteiger partial charge in [-0.25, -0.2) is 4.99 Å². The van der Waals surface area contributed by atoms with Crippen molar-refractivity contribution >= 4 is 5.96 Å². The topological polar surface area (TPSA) is 67.7 Å². The first-order valence-electron chi connectivity index (χ1n) is 5.14. The zero-order valence-electron chi connectivity index (χ0n) is 9.53. The molecule has 0 aliphatic rings. The third-order valence-corrected chi connectivity index (χ3v) is 2.16. The van der Waals surface area contributed by atoms with Gasteiger partial charge in [0, 0.05) is 19.2 Å². The highest BCUT2D eigenvalue weighted by Crippen LogP contribution is 2.03. The van der Waals surface area contributed by atoms with Gasteiger partial charge in [-0.05, 0) is 20.8 Å². The molecule has 15 heavy (non-hydrogen) atoms. The third kappa shape index (κ3) is 3.27. The molecular weight excluding hydrogens is 192 g/mol. The van der Waals surface area contributed by atoms with Gasteiger partial charge in [-0.3, -0.25) is 0 Å². The van der Waals surface area contributed by atoms with Crippen molar-refractivity contribution in [3.8, 4) is 0 Å². The van der Waals surface area contributed by atoms with Crippen molar-refractivity contribution in [3.05, 3.63) is 17.5 Å². The molecule has 5 nitrogen and oxygen atoms in total. The standard InChI is InChI=1S/C10H18N4O/c1-4-14(5-2)10(11)12-7-9-6-8(3)13-15-9/h6H,4-5,7H2,1-3H3,(H2,11,12). The first kappa shape index (κ1) is 11.6. The Morgan fingerprint density at radius 3 is 2.67 bits per heavy atom. The number of aryl methyl sites for hydroxylation is 1. The summed E-state index contributed by atoms with van der Waals surface area (Å²) < 4.78 is 5.03. The maximum absolute atomic E-state index is 5.81. The summed E-state index contributed by atoms with van der Waals surface area (Å²) in [5.41, 5.74) is 6.67. The highest BCUT2D eigenvalue weighted by Gasteiger charge is 2.03. The number of rotatable bonds is 4. The first-order valence-corrected chi connectivity index (χ1v) is 5.14. The summed E-state index contributed by atoms with van der Waals surface area (Å²) in [6.45, 7) is 8.14. The van der Waals surface area contributed by atoms with Gasteiger partial charge in [-0.15, -0.1) is 0 Å². The zero-order chi connectivity index (χ0) is 11.3. The molecule has 2 N–H and O–H groups in total. The maximum Gasteiger partial charge on any atom is 0.191 e. The second kappa shape index (κ2) is 5.38. The number of nitrogens with two attached hydrogens (primary N) is 1. The van der Waals surface area contributed by atoms with E-state index in [9.17, 15) is 0 Å². The molecule has 0 bridgehead atoms. The van der Waals surface area contributed by atoms with Gasteiger partial charge in [0.05, 0.1) is 5.69 Å². The van der Waals surface area contributed by atoms with Gasteiger partial charge in [0.1, 0.15) is 6.54 Å². The number of aromatic nitrogens is 1. The minimum absolute atomic E-state index is 0.448. The highest BCUT2D eigenvalue weighted by atomic mass is 16.5. The van der Waals surface area contributed by atoms with Crippen LogP contribution < -0.4 is 5.73 Å². The minimum Gasteiger partial charge on any atom is -0.370 e. The van der Waals surface area contributed by atoms with Crippen molar-refractivity contribution in [1.29, 1.82) is 0 Å². The van der Waals surface area contributed by atoms with E-state index in [1.54, 1.807) is 0 Å². The molecule has 5 heteroatoms. The quantitative estimate of drug-likeness (QED) is 0.597. The van der Waals surface area contributed by atoms with Gasteiger partial charge in [0.2, 0.25) is 0 Å². The molecule has 84 valence electrons. The van der Waals surface area contributed by atoms with E-state index >= 15 is 0 Å². The Kier molecular flexibility index (Phi) is 4.15. The van der Waals surface area contributed by atoms with Crippen LogP contribution in [-0.4, -0.2) is 29.1 Å². The Balaban J connectivity index is 2.56. The van der Waals surface area contributed by atoms with E-state index < -0.39 is 0 Å². The fourth-order valence-electron chi connectivity index (χ4n) is 1.30. The van der Waals surface area contributed by atoms with E-state index in [4.69, 9.17) is 10.3 Å². The van der Waals surface area contributed by atoms with Gasteiger partial charge in [0.15, 0.2) is 11.7 Å². The molecule has 0 saturated heterocycles. The van der Waals surface area contributed by atoms with Crippen LogP contribution in [0.3, 0.4) is 0 Å². The summed E-state index contributed by atoms with van der Waals surface area (Å²) in [6, 6.07) is 1.86. The van der Waals surface area contributed by atoms with Crippen LogP contribution in [0.4, 0.5) is 0 Å². The Labute approximate surface area is 89.9 Å². The van der Waals surface area contributed by atoms with E-state index in [1.165, 1.54) is 0 Å². The van der Waals surface area contributed by atoms with Crippen LogP contribution in [0, 0.1) is 6.92 Å². The lowest BCUT2D eigenvalue weighted by Crippen LogP contribution is -2.36. The summed E-state index contributed by atoms with van der Waals surface area (Å²) in [7, 11) is 0. The van der Waals surface area contributed by atoms with Crippen LogP contribution in [0.15, 0.2) is 15.6 Å². The van der Waals surface area contributed by atoms with Crippen molar-refractivity contribution < 1.29 is 4.52 Å². The first-order chi connectivity index (χ1) is 7.17. The molecule has 0 saturated carbocycles. The Hall–Kier alpha value is -1.52. The number of guanidine groups is 1. The Morgan fingerprint density at radius 2 is 2.20 bits per heavy atom. The van der Waals surface area contributed by atoms with E-state index in [0.29, 0.717) is 12.5 Å². The predicted octanol–water partition coefficient (Wildman–Crippen LogP) is 1.14. The van der Waals surface area contributed by atoms with Gasteiger partial charge < -0.3 is 15.2 Å². The summed E-state index contributed by atoms with van der Waals surface area (Å²) in [4.78, 5) is 6.23. The summed E-state index contributed by atoms with van der Waals surface area (Å²) in [5, 5.41) is 3.78. The average molecular weight is 210 g/mol. The molecule has 0 aliphatic carbocycles. The second-order valence-corrected chi connectivity index (χ2v) is 3.28. The lowest BCUT2D eigenvalue weighted by atomic mass is 10.4. The maximum atomic E-state index is 5.81. The molecule has 0 radical (unpaired) electrons. The summed E-state index contributed by atoms with van der Waals surface area (Å²) in [5.74, 6) is 1.29. The molecule has 0 spiro atoms. The van der Waals surface area contributed by atoms with Gasteiger partial charge in [-0.1, -0.05) is 5.16 Å². The molecule has 1 heterocycles. The number of hydrogen-bond donors (Lipinski definition) is 1. The van der Waals surface area contributed by atoms with Crippen LogP contribution in [0.2, 0.25) is 0 Å². The highest BCUT2D eigenvalue weighted by molar-refractivity contribution is 5.77. The normalized spacial score (nSPS) is 11.8. The molecular formula is C10H18N4O. The lowest BCUT2D eigenvalue weighted by molar-refractivity contribution is 0.379. The van der Waals surface area contributed by atoms with Crippen molar-refractivity contribution in [2.24, 2.45) is 10.7 Å². The van der Waals surface area contributed by atoms with Crippen molar-refractivity contribution in [2.75, 3.05) is 13.1 Å². The van der Waals surface area contributed by atoms with Crippen molar-refractivity contribution in [2.45, 2.75) is 27.3 Å². The number of aliphatic imine (C=N–C) groups is 1. The zero-order valence-corrected chi connectivity index (χ0v) is 9.53. The predicted molar refractivity (Wildman–Crippen MR) is 59.5 cm³/mol. The Bertz CT molecular complexity index is 328. The molecule has 1 rings (SSSR count). The fraction of sp³-hybridized carbons (Fsp3) is 0.600. The molecule has 0 aromatic carbocycles. The smallest absolute Gasteiger partial charge is 0.191 e. The molecule has 0 aliphatic heterocycles. The number of nitrogens with zero attached hydrogens (tertiary/aromatic N) is 3. The summed E-state index contributed by atoms with van der Waals surface area (Å²) >= 11 is 0. The monoisotopic (exact) mass is 210 g/mol. The Morgan fingerprint density at radius 1 is 1.53 bits per heavy atom. The fourth-order valence-corrected chi connectivity index (χ4v) is 1.30. The SMILES string of the molecule is CCN(CC)C(N)=NCc1cc(C)no1. The van der Waals surface area contributed by atoms with Crippen molar-refractivity contribution in [3.63, 3.8) is 0 Å². The van der Waals surface area contributed by atoms with Crippen LogP contribution >= 0.6 is 0 Å². The molecule has 1 aromatic heterocycles. The summed E-state index contributed by atoms with van der Waals surface area (Å²) in [6.07, 6.45) is 0. The van der Waals surface area contributed by atoms with Gasteiger partial charge in [-0.2, -0.15) is 0 Å². The van der Waals surface area contributed by atoms with Crippen molar-refractivity contribution in [1.82, 2.24) is 10.1 Å². The molecule has 1 aromatic rings. The average Bonchev–Trinajstić information content (AvgIpc) is 2.63. The van der Waals surface area contributed by atoms with Gasteiger partial charge >= 0.3 is 0 Å². The van der Waals surface area contributed by atoms with E-state index in [0.717, 1.165) is 24.5 Å². The van der Waals surface area contributed by atoms with E-state index in [-0.39, 0.29) is 0 Å². The van der Waals surface area contributed by atoms with Crippen LogP contribution in [-0.2, 0) is 6.54 Å². The molecule has 0 unspecified atom stereocenters. The van der Waals surface area contributed by atoms with Crippen LogP contribution in [0.5, 0.6) is 0 Å². The van der Waals surface area contributed by atoms with E-state index in [1.807, 2.05) is 31.7 Å². The third-order valence-electron chi connectivity index (χ3n) is 2.16. The minimum atomic E-state index is 0.448. The second-order valence-electron chi connectivity index (χ2n) is 3.28. The van der Waals surface area contributed by atoms with Crippen LogP contribution in [0.25, 0.3) is 0 Å². The van der Waals surface area contributed by atoms with E-state index in [2.05, 4.69) is 10.1 Å². The van der Waals surface area contributed by atoms with Crippen LogP contribution in [0.1, 0.15) is 25.3 Å². The largest absolute Gasteiger partial charge is 0.370 e. The van der Waals surface area contributed by atoms with Gasteiger partial charge in [0.25, 0.3) is 0 Å². The molecule has 0 fully saturated rings.